The van der Waals surface area contributed by atoms with Gasteiger partial charge in [0.15, 0.2) is 5.82 Å². The van der Waals surface area contributed by atoms with E-state index in [4.69, 9.17) is 23.1 Å². The van der Waals surface area contributed by atoms with Crippen molar-refractivity contribution in [2.45, 2.75) is 57.7 Å². The van der Waals surface area contributed by atoms with Crippen molar-refractivity contribution in [1.29, 1.82) is 0 Å². The molecule has 12 heteroatoms. The maximum absolute atomic E-state index is 15.1. The predicted octanol–water partition coefficient (Wildman–Crippen LogP) is 4.57. The van der Waals surface area contributed by atoms with E-state index in [1.807, 2.05) is 26.0 Å². The number of amidine groups is 1. The van der Waals surface area contributed by atoms with Gasteiger partial charge in [0.2, 0.25) is 0 Å². The minimum absolute atomic E-state index is 0.0311. The number of alkyl halides is 1. The van der Waals surface area contributed by atoms with Gasteiger partial charge in [-0.3, -0.25) is 9.56 Å². The third kappa shape index (κ3) is 8.26. The Labute approximate surface area is 254 Å². The van der Waals surface area contributed by atoms with Crippen molar-refractivity contribution in [2.24, 2.45) is 16.5 Å². The second kappa shape index (κ2) is 14.7. The zero-order chi connectivity index (χ0) is 31.1. The highest BCUT2D eigenvalue weighted by atomic mass is 35.5. The van der Waals surface area contributed by atoms with Crippen molar-refractivity contribution in [3.63, 3.8) is 0 Å². The molecule has 9 nitrogen and oxygen atoms in total. The minimum atomic E-state index is -0.798. The Morgan fingerprint density at radius 3 is 2.63 bits per heavy atom. The molecular weight excluding hydrogens is 576 g/mol. The van der Waals surface area contributed by atoms with E-state index in [-0.39, 0.29) is 35.6 Å². The molecule has 2 heterocycles. The molecule has 0 amide bonds. The van der Waals surface area contributed by atoms with Crippen LogP contribution in [0, 0.1) is 5.82 Å². The van der Waals surface area contributed by atoms with Gasteiger partial charge in [-0.2, -0.15) is 4.98 Å². The lowest BCUT2D eigenvalue weighted by Gasteiger charge is -2.22. The topological polar surface area (TPSA) is 147 Å². The van der Waals surface area contributed by atoms with Crippen molar-refractivity contribution in [3.05, 3.63) is 81.1 Å². The molecule has 3 atom stereocenters. The minimum Gasteiger partial charge on any atom is -0.395 e. The van der Waals surface area contributed by atoms with Crippen molar-refractivity contribution in [2.75, 3.05) is 19.8 Å². The Kier molecular flexibility index (Phi) is 11.0. The molecule has 0 spiro atoms. The summed E-state index contributed by atoms with van der Waals surface area (Å²) in [6, 6.07) is 12.2. The molecule has 0 aliphatic heterocycles. The van der Waals surface area contributed by atoms with Gasteiger partial charge in [-0.25, -0.2) is 13.6 Å². The number of hydrogen-bond donors (Lipinski definition) is 5. The lowest BCUT2D eigenvalue weighted by molar-refractivity contribution is 0.228. The molecule has 230 valence electrons. The van der Waals surface area contributed by atoms with Crippen LogP contribution in [0.4, 0.5) is 8.78 Å². The molecule has 1 unspecified atom stereocenters. The maximum Gasteiger partial charge on any atom is 0.354 e. The lowest BCUT2D eigenvalue weighted by Crippen LogP contribution is -2.35. The Bertz CT molecular complexity index is 1620. The Hall–Kier alpha value is -3.64. The first-order valence-corrected chi connectivity index (χ1v) is 14.7. The number of nitrogens with zero attached hydrogens (tertiary/aromatic N) is 3. The molecule has 0 aliphatic carbocycles. The van der Waals surface area contributed by atoms with Gasteiger partial charge in [-0.15, -0.1) is 0 Å². The summed E-state index contributed by atoms with van der Waals surface area (Å²) < 4.78 is 29.0. The van der Waals surface area contributed by atoms with Crippen LogP contribution in [0.3, 0.4) is 0 Å². The van der Waals surface area contributed by atoms with Crippen molar-refractivity contribution < 1.29 is 13.9 Å². The van der Waals surface area contributed by atoms with Crippen LogP contribution >= 0.6 is 11.6 Å². The van der Waals surface area contributed by atoms with Gasteiger partial charge in [0.25, 0.3) is 0 Å². The van der Waals surface area contributed by atoms with E-state index in [2.05, 4.69) is 20.3 Å². The summed E-state index contributed by atoms with van der Waals surface area (Å²) in [6.45, 7) is 3.30. The number of aromatic amines is 1. The third-order valence-corrected chi connectivity index (χ3v) is 7.59. The van der Waals surface area contributed by atoms with Crippen LogP contribution in [0.15, 0.2) is 58.4 Å². The molecule has 0 radical (unpaired) electrons. The van der Waals surface area contributed by atoms with E-state index in [0.29, 0.717) is 47.4 Å². The number of hydrogen-bond acceptors (Lipinski definition) is 6. The fourth-order valence-corrected chi connectivity index (χ4v) is 5.19. The maximum atomic E-state index is 15.1. The second-order valence-corrected chi connectivity index (χ2v) is 11.3. The largest absolute Gasteiger partial charge is 0.395 e. The molecule has 0 saturated heterocycles. The molecule has 0 aliphatic rings. The van der Waals surface area contributed by atoms with E-state index >= 15 is 4.39 Å². The normalized spacial score (nSPS) is 14.3. The lowest BCUT2D eigenvalue weighted by atomic mass is 10.0. The van der Waals surface area contributed by atoms with Crippen molar-refractivity contribution in [3.8, 4) is 16.9 Å². The number of nitrogens with two attached hydrogens (primary N) is 2. The number of H-pyrrole nitrogens is 1. The Balaban J connectivity index is 1.53. The number of nitrogens with one attached hydrogen (secondary N) is 2. The SMILES string of the molecule is CC(N)CCCc1cc(Cl)c(F)c(-c2cc3cn(-c4ccc([C@H](C)N[C@@H](CO)CCN=C(N)CF)cc4)c(=O)nc3[nH]2)c1. The van der Waals surface area contributed by atoms with Crippen LogP contribution in [0.1, 0.15) is 50.3 Å². The third-order valence-electron chi connectivity index (χ3n) is 7.32. The van der Waals surface area contributed by atoms with Gasteiger partial charge in [0.1, 0.15) is 18.2 Å². The van der Waals surface area contributed by atoms with Gasteiger partial charge >= 0.3 is 5.69 Å². The molecule has 4 aromatic rings. The highest BCUT2D eigenvalue weighted by Crippen LogP contribution is 2.31. The predicted molar refractivity (Wildman–Crippen MR) is 168 cm³/mol. The summed E-state index contributed by atoms with van der Waals surface area (Å²) in [5.74, 6) is -0.605. The first-order chi connectivity index (χ1) is 20.6. The number of aliphatic hydroxyl groups is 1. The number of aliphatic hydroxyl groups excluding tert-OH is 1. The van der Waals surface area contributed by atoms with Crippen molar-refractivity contribution >= 4 is 28.5 Å². The monoisotopic (exact) mass is 613 g/mol. The number of benzene rings is 2. The summed E-state index contributed by atoms with van der Waals surface area (Å²) in [4.78, 5) is 24.1. The molecular formula is C31H38ClF2N7O2. The number of rotatable bonds is 14. The van der Waals surface area contributed by atoms with Gasteiger partial charge < -0.3 is 26.9 Å². The second-order valence-electron chi connectivity index (χ2n) is 10.8. The van der Waals surface area contributed by atoms with Gasteiger partial charge in [0.05, 0.1) is 23.0 Å². The summed E-state index contributed by atoms with van der Waals surface area (Å²) >= 11 is 6.23. The Morgan fingerprint density at radius 1 is 1.21 bits per heavy atom. The molecule has 0 saturated carbocycles. The zero-order valence-corrected chi connectivity index (χ0v) is 25.0. The van der Waals surface area contributed by atoms with Gasteiger partial charge in [0, 0.05) is 41.8 Å². The fraction of sp³-hybridized carbons (Fsp3) is 0.387. The van der Waals surface area contributed by atoms with Gasteiger partial charge in [-0.1, -0.05) is 23.7 Å². The quantitative estimate of drug-likeness (QED) is 0.104. The first-order valence-electron chi connectivity index (χ1n) is 14.3. The summed E-state index contributed by atoms with van der Waals surface area (Å²) in [5, 5.41) is 13.7. The van der Waals surface area contributed by atoms with Crippen LogP contribution in [-0.2, 0) is 6.42 Å². The zero-order valence-electron chi connectivity index (χ0n) is 24.3. The number of aryl methyl sites for hydroxylation is 1. The van der Waals surface area contributed by atoms with E-state index in [1.54, 1.807) is 36.5 Å². The molecule has 4 rings (SSSR count). The van der Waals surface area contributed by atoms with Crippen molar-refractivity contribution in [1.82, 2.24) is 19.9 Å². The average molecular weight is 614 g/mol. The van der Waals surface area contributed by atoms with E-state index in [1.165, 1.54) is 4.57 Å². The van der Waals surface area contributed by atoms with E-state index in [9.17, 15) is 14.3 Å². The first kappa shape index (κ1) is 32.3. The molecule has 2 aromatic heterocycles. The van der Waals surface area contributed by atoms with Crippen LogP contribution in [0.2, 0.25) is 5.02 Å². The molecule has 2 aromatic carbocycles. The summed E-state index contributed by atoms with van der Waals surface area (Å²) in [7, 11) is 0. The highest BCUT2D eigenvalue weighted by molar-refractivity contribution is 6.31. The number of halogens is 3. The number of aliphatic imine (C=N–C) groups is 1. The van der Waals surface area contributed by atoms with E-state index in [0.717, 1.165) is 24.0 Å². The smallest absolute Gasteiger partial charge is 0.354 e. The molecule has 7 N–H and O–H groups in total. The molecule has 0 fully saturated rings. The standard InChI is InChI=1S/C31H38ClF2N7O2/c1-18(35)4-3-5-20-12-25(29(34)26(32)13-20)27-14-22-16-41(31(43)40-30(22)39-27)24-8-6-21(7-9-24)19(2)38-23(17-42)10-11-37-28(36)15-33/h6-9,12-14,16,18-19,23,38,42H,3-5,10-11,15,17,35H2,1-2H3,(H2,36,37)(H,39,40,43)/t18?,19-,23+/m0/s1. The van der Waals surface area contributed by atoms with Crippen LogP contribution in [0.25, 0.3) is 28.0 Å². The number of fused-ring (bicyclic) bond motifs is 1. The fourth-order valence-electron chi connectivity index (χ4n) is 4.95. The van der Waals surface area contributed by atoms with Crippen LogP contribution < -0.4 is 22.5 Å². The Morgan fingerprint density at radius 2 is 1.95 bits per heavy atom. The summed E-state index contributed by atoms with van der Waals surface area (Å²) in [6.07, 6.45) is 4.58. The summed E-state index contributed by atoms with van der Waals surface area (Å²) in [5.41, 5.74) is 14.3. The molecule has 0 bridgehead atoms. The van der Waals surface area contributed by atoms with E-state index < -0.39 is 18.2 Å². The van der Waals surface area contributed by atoms with Gasteiger partial charge in [-0.05, 0) is 81.0 Å². The average Bonchev–Trinajstić information content (AvgIpc) is 3.40. The number of aromatic nitrogens is 3. The van der Waals surface area contributed by atoms with Crippen LogP contribution in [-0.4, -0.2) is 57.4 Å². The van der Waals surface area contributed by atoms with Crippen LogP contribution in [0.5, 0.6) is 0 Å². The highest BCUT2D eigenvalue weighted by Gasteiger charge is 2.16. The molecule has 43 heavy (non-hydrogen) atoms.